The average Bonchev–Trinajstić information content (AvgIpc) is 3.27. The molecule has 1 fully saturated rings. The third kappa shape index (κ3) is 2.57. The molecule has 5 heteroatoms. The van der Waals surface area contributed by atoms with Crippen molar-refractivity contribution in [3.8, 4) is 0 Å². The van der Waals surface area contributed by atoms with Crippen LogP contribution < -0.4 is 0 Å². The first-order valence-corrected chi connectivity index (χ1v) is 8.09. The number of rotatable bonds is 4. The Labute approximate surface area is 139 Å². The molecule has 0 aliphatic carbocycles. The quantitative estimate of drug-likeness (QED) is 0.797. The van der Waals surface area contributed by atoms with E-state index in [1.807, 2.05) is 41.4 Å². The standard InChI is InChI=1S/C19H18N2O3/c22-19(23)16-3-1-9-21(16)18(17-4-2-10-24-17)14-5-6-15-12-20-8-7-13(15)11-14/h2,4-8,10-12,16,18H,1,3,9H2,(H,22,23). The number of pyridine rings is 1. The van der Waals surface area contributed by atoms with Crippen LogP contribution >= 0.6 is 0 Å². The van der Waals surface area contributed by atoms with Crippen LogP contribution in [-0.4, -0.2) is 33.5 Å². The minimum absolute atomic E-state index is 0.193. The van der Waals surface area contributed by atoms with Crippen molar-refractivity contribution in [3.63, 3.8) is 0 Å². The highest BCUT2D eigenvalue weighted by molar-refractivity contribution is 5.82. The number of hydrogen-bond donors (Lipinski definition) is 1. The lowest BCUT2D eigenvalue weighted by molar-refractivity contribution is -0.142. The predicted molar refractivity (Wildman–Crippen MR) is 89.7 cm³/mol. The molecule has 4 rings (SSSR count). The minimum Gasteiger partial charge on any atom is -0.480 e. The van der Waals surface area contributed by atoms with Gasteiger partial charge >= 0.3 is 5.97 Å². The monoisotopic (exact) mass is 322 g/mol. The number of carboxylic acids is 1. The van der Waals surface area contributed by atoms with Crippen LogP contribution in [-0.2, 0) is 4.79 Å². The topological polar surface area (TPSA) is 66.6 Å². The molecule has 3 aromatic rings. The molecule has 122 valence electrons. The number of benzene rings is 1. The molecule has 2 aromatic heterocycles. The van der Waals surface area contributed by atoms with Crippen LogP contribution in [0.3, 0.4) is 0 Å². The molecule has 0 amide bonds. The van der Waals surface area contributed by atoms with Crippen molar-refractivity contribution < 1.29 is 14.3 Å². The molecular weight excluding hydrogens is 304 g/mol. The van der Waals surface area contributed by atoms with Gasteiger partial charge in [0.2, 0.25) is 0 Å². The zero-order chi connectivity index (χ0) is 16.5. The molecule has 0 bridgehead atoms. The number of nitrogens with zero attached hydrogens (tertiary/aromatic N) is 2. The zero-order valence-electron chi connectivity index (χ0n) is 13.1. The molecule has 5 nitrogen and oxygen atoms in total. The van der Waals surface area contributed by atoms with Gasteiger partial charge < -0.3 is 9.52 Å². The van der Waals surface area contributed by atoms with Crippen molar-refractivity contribution in [1.29, 1.82) is 0 Å². The van der Waals surface area contributed by atoms with E-state index in [2.05, 4.69) is 11.1 Å². The van der Waals surface area contributed by atoms with E-state index in [9.17, 15) is 9.90 Å². The van der Waals surface area contributed by atoms with E-state index in [-0.39, 0.29) is 6.04 Å². The number of likely N-dealkylation sites (tertiary alicyclic amines) is 1. The number of fused-ring (bicyclic) bond motifs is 1. The number of furan rings is 1. The van der Waals surface area contributed by atoms with Gasteiger partial charge in [0.25, 0.3) is 0 Å². The Kier molecular flexibility index (Phi) is 3.78. The Bertz CT molecular complexity index is 860. The molecule has 1 aromatic carbocycles. The summed E-state index contributed by atoms with van der Waals surface area (Å²) in [6, 6.07) is 11.2. The van der Waals surface area contributed by atoms with E-state index in [1.165, 1.54) is 0 Å². The Morgan fingerprint density at radius 2 is 2.21 bits per heavy atom. The summed E-state index contributed by atoms with van der Waals surface area (Å²) in [5.41, 5.74) is 1.04. The summed E-state index contributed by atoms with van der Waals surface area (Å²) in [6.45, 7) is 0.747. The van der Waals surface area contributed by atoms with Gasteiger partial charge in [0.15, 0.2) is 0 Å². The van der Waals surface area contributed by atoms with E-state index in [0.29, 0.717) is 6.42 Å². The van der Waals surface area contributed by atoms with Crippen LogP contribution in [0.5, 0.6) is 0 Å². The third-order valence-electron chi connectivity index (χ3n) is 4.70. The number of carboxylic acid groups (broad SMARTS) is 1. The highest BCUT2D eigenvalue weighted by Crippen LogP contribution is 2.36. The van der Waals surface area contributed by atoms with E-state index in [4.69, 9.17) is 4.42 Å². The highest BCUT2D eigenvalue weighted by atomic mass is 16.4. The predicted octanol–water partition coefficient (Wildman–Crippen LogP) is 3.47. The van der Waals surface area contributed by atoms with Gasteiger partial charge in [-0.15, -0.1) is 0 Å². The second-order valence-electron chi connectivity index (χ2n) is 6.13. The van der Waals surface area contributed by atoms with Crippen molar-refractivity contribution in [2.24, 2.45) is 0 Å². The lowest BCUT2D eigenvalue weighted by Gasteiger charge is -2.30. The Hall–Kier alpha value is -2.66. The number of aliphatic carboxylic acids is 1. The van der Waals surface area contributed by atoms with Crippen LogP contribution in [0.1, 0.15) is 30.2 Å². The van der Waals surface area contributed by atoms with Crippen molar-refractivity contribution in [3.05, 3.63) is 66.4 Å². The highest BCUT2D eigenvalue weighted by Gasteiger charge is 2.38. The molecule has 1 N–H and O–H groups in total. The molecule has 2 unspecified atom stereocenters. The summed E-state index contributed by atoms with van der Waals surface area (Å²) in [5.74, 6) is 0.00519. The molecule has 24 heavy (non-hydrogen) atoms. The van der Waals surface area contributed by atoms with Gasteiger partial charge in [0.05, 0.1) is 12.3 Å². The maximum Gasteiger partial charge on any atom is 0.320 e. The van der Waals surface area contributed by atoms with E-state index < -0.39 is 12.0 Å². The summed E-state index contributed by atoms with van der Waals surface area (Å²) < 4.78 is 5.66. The molecule has 1 aliphatic heterocycles. The molecule has 0 saturated carbocycles. The zero-order valence-corrected chi connectivity index (χ0v) is 13.1. The maximum absolute atomic E-state index is 11.6. The second kappa shape index (κ2) is 6.09. The SMILES string of the molecule is O=C(O)C1CCCN1C(c1ccc2cnccc2c1)c1ccco1. The summed E-state index contributed by atoms with van der Waals surface area (Å²) in [4.78, 5) is 17.8. The smallest absolute Gasteiger partial charge is 0.320 e. The van der Waals surface area contributed by atoms with Crippen molar-refractivity contribution in [1.82, 2.24) is 9.88 Å². The molecule has 1 aliphatic rings. The fourth-order valence-corrected chi connectivity index (χ4v) is 3.60. The van der Waals surface area contributed by atoms with Gasteiger partial charge in [-0.2, -0.15) is 0 Å². The van der Waals surface area contributed by atoms with Crippen molar-refractivity contribution in [2.75, 3.05) is 6.54 Å². The lowest BCUT2D eigenvalue weighted by Crippen LogP contribution is -2.39. The average molecular weight is 322 g/mol. The van der Waals surface area contributed by atoms with E-state index >= 15 is 0 Å². The maximum atomic E-state index is 11.6. The Morgan fingerprint density at radius 3 is 3.00 bits per heavy atom. The normalized spacial score (nSPS) is 19.6. The molecule has 2 atom stereocenters. The second-order valence-corrected chi connectivity index (χ2v) is 6.13. The molecule has 0 spiro atoms. The van der Waals surface area contributed by atoms with Crippen LogP contribution in [0.25, 0.3) is 10.8 Å². The molecule has 3 heterocycles. The summed E-state index contributed by atoms with van der Waals surface area (Å²) in [7, 11) is 0. The van der Waals surface area contributed by atoms with Gasteiger partial charge in [0, 0.05) is 24.3 Å². The Morgan fingerprint density at radius 1 is 1.29 bits per heavy atom. The third-order valence-corrected chi connectivity index (χ3v) is 4.70. The van der Waals surface area contributed by atoms with Crippen molar-refractivity contribution >= 4 is 16.7 Å². The lowest BCUT2D eigenvalue weighted by atomic mass is 9.99. The molecule has 1 saturated heterocycles. The number of hydrogen-bond acceptors (Lipinski definition) is 4. The number of aromatic nitrogens is 1. The first kappa shape index (κ1) is 14.9. The van der Waals surface area contributed by atoms with Gasteiger partial charge in [0.1, 0.15) is 11.8 Å². The van der Waals surface area contributed by atoms with Gasteiger partial charge in [-0.05, 0) is 48.1 Å². The summed E-state index contributed by atoms with van der Waals surface area (Å²) in [5, 5.41) is 11.7. The van der Waals surface area contributed by atoms with E-state index in [1.54, 1.807) is 12.5 Å². The minimum atomic E-state index is -0.769. The fourth-order valence-electron chi connectivity index (χ4n) is 3.60. The fraction of sp³-hybridized carbons (Fsp3) is 0.263. The summed E-state index contributed by atoms with van der Waals surface area (Å²) >= 11 is 0. The largest absolute Gasteiger partial charge is 0.480 e. The summed E-state index contributed by atoms with van der Waals surface area (Å²) in [6.07, 6.45) is 6.79. The molecule has 0 radical (unpaired) electrons. The number of carbonyl (C=O) groups is 1. The van der Waals surface area contributed by atoms with Crippen LogP contribution in [0.2, 0.25) is 0 Å². The van der Waals surface area contributed by atoms with Gasteiger partial charge in [-0.3, -0.25) is 14.7 Å². The van der Waals surface area contributed by atoms with E-state index in [0.717, 1.165) is 35.1 Å². The first-order chi connectivity index (χ1) is 11.7. The van der Waals surface area contributed by atoms with Gasteiger partial charge in [-0.1, -0.05) is 12.1 Å². The van der Waals surface area contributed by atoms with Crippen LogP contribution in [0.15, 0.2) is 59.5 Å². The van der Waals surface area contributed by atoms with Crippen LogP contribution in [0.4, 0.5) is 0 Å². The van der Waals surface area contributed by atoms with Crippen LogP contribution in [0, 0.1) is 0 Å². The molecular formula is C19H18N2O3. The Balaban J connectivity index is 1.81. The van der Waals surface area contributed by atoms with Gasteiger partial charge in [-0.25, -0.2) is 0 Å². The first-order valence-electron chi connectivity index (χ1n) is 8.09. The van der Waals surface area contributed by atoms with Crippen molar-refractivity contribution in [2.45, 2.75) is 24.9 Å².